The summed E-state index contributed by atoms with van der Waals surface area (Å²) in [5.41, 5.74) is 6.47. The van der Waals surface area contributed by atoms with Gasteiger partial charge in [0.15, 0.2) is 11.6 Å². The maximum Gasteiger partial charge on any atom is 0.223 e. The van der Waals surface area contributed by atoms with Gasteiger partial charge in [-0.3, -0.25) is 9.59 Å². The van der Waals surface area contributed by atoms with Crippen molar-refractivity contribution < 1.29 is 19.9 Å². The van der Waals surface area contributed by atoms with Crippen molar-refractivity contribution in [3.05, 3.63) is 35.4 Å². The van der Waals surface area contributed by atoms with E-state index in [1.54, 1.807) is 29.2 Å². The van der Waals surface area contributed by atoms with Crippen molar-refractivity contribution in [1.82, 2.24) is 4.90 Å². The van der Waals surface area contributed by atoms with Gasteiger partial charge in [0.25, 0.3) is 0 Å². The van der Waals surface area contributed by atoms with E-state index in [4.69, 9.17) is 10.9 Å². The molecule has 1 fully saturated rings. The average molecular weight is 319 g/mol. The van der Waals surface area contributed by atoms with Crippen LogP contribution >= 0.6 is 0 Å². The van der Waals surface area contributed by atoms with E-state index in [0.717, 1.165) is 0 Å². The molecule has 1 aromatic carbocycles. The third-order valence-corrected chi connectivity index (χ3v) is 3.99. The zero-order valence-corrected chi connectivity index (χ0v) is 12.8. The molecule has 1 amide bonds. The Bertz CT molecular complexity index is 590. The highest BCUT2D eigenvalue weighted by atomic mass is 16.4. The predicted molar refractivity (Wildman–Crippen MR) is 84.3 cm³/mol. The van der Waals surface area contributed by atoms with Gasteiger partial charge >= 0.3 is 0 Å². The Morgan fingerprint density at radius 3 is 2.26 bits per heavy atom. The minimum absolute atomic E-state index is 0.0218. The predicted octanol–water partition coefficient (Wildman–Crippen LogP) is 0.727. The lowest BCUT2D eigenvalue weighted by Gasteiger charge is -2.29. The van der Waals surface area contributed by atoms with Crippen LogP contribution in [0.4, 0.5) is 0 Å². The van der Waals surface area contributed by atoms with Crippen LogP contribution in [0.2, 0.25) is 0 Å². The van der Waals surface area contributed by atoms with Crippen LogP contribution in [0.1, 0.15) is 41.6 Å². The van der Waals surface area contributed by atoms with Gasteiger partial charge in [-0.1, -0.05) is 29.4 Å². The van der Waals surface area contributed by atoms with E-state index in [1.165, 1.54) is 0 Å². The topological polar surface area (TPSA) is 116 Å². The molecule has 1 aliphatic rings. The molecule has 0 unspecified atom stereocenters. The number of ketones is 1. The molecule has 124 valence electrons. The number of oxime groups is 1. The number of likely N-dealkylation sites (tertiary alicyclic amines) is 1. The minimum atomic E-state index is -0.325. The first kappa shape index (κ1) is 17.0. The molecular formula is C16H21N3O4. The Labute approximate surface area is 134 Å². The van der Waals surface area contributed by atoms with Gasteiger partial charge in [-0.2, -0.15) is 0 Å². The summed E-state index contributed by atoms with van der Waals surface area (Å²) >= 11 is 0. The molecule has 0 spiro atoms. The van der Waals surface area contributed by atoms with Crippen LogP contribution in [0.3, 0.4) is 0 Å². The summed E-state index contributed by atoms with van der Waals surface area (Å²) in [5, 5.41) is 20.9. The molecule has 23 heavy (non-hydrogen) atoms. The number of nitrogens with two attached hydrogens (primary N) is 1. The Balaban J connectivity index is 1.86. The van der Waals surface area contributed by atoms with E-state index in [-0.39, 0.29) is 36.5 Å². The van der Waals surface area contributed by atoms with Crippen molar-refractivity contribution >= 4 is 17.5 Å². The van der Waals surface area contributed by atoms with Crippen LogP contribution < -0.4 is 5.73 Å². The lowest BCUT2D eigenvalue weighted by molar-refractivity contribution is -0.133. The second kappa shape index (κ2) is 7.73. The number of benzene rings is 1. The molecule has 0 aliphatic carbocycles. The van der Waals surface area contributed by atoms with Crippen LogP contribution in [0.25, 0.3) is 0 Å². The zero-order chi connectivity index (χ0) is 16.8. The Hall–Kier alpha value is -2.41. The number of amides is 1. The molecule has 7 heteroatoms. The van der Waals surface area contributed by atoms with Crippen molar-refractivity contribution in [2.75, 3.05) is 13.1 Å². The van der Waals surface area contributed by atoms with Crippen LogP contribution in [0.5, 0.6) is 0 Å². The second-order valence-corrected chi connectivity index (χ2v) is 5.60. The van der Waals surface area contributed by atoms with E-state index in [1.807, 2.05) is 0 Å². The smallest absolute Gasteiger partial charge is 0.223 e. The molecule has 0 aromatic heterocycles. The van der Waals surface area contributed by atoms with Crippen molar-refractivity contribution in [3.8, 4) is 0 Å². The molecule has 1 aromatic rings. The second-order valence-electron chi connectivity index (χ2n) is 5.60. The number of carbonyl (C=O) groups excluding carboxylic acids is 2. The first-order valence-corrected chi connectivity index (χ1v) is 7.58. The first-order valence-electron chi connectivity index (χ1n) is 7.58. The number of Topliss-reactive ketones (excluding diaryl/α,β-unsaturated/α-hetero) is 1. The van der Waals surface area contributed by atoms with Gasteiger partial charge in [-0.05, 0) is 12.8 Å². The Morgan fingerprint density at radius 2 is 1.70 bits per heavy atom. The third kappa shape index (κ3) is 4.53. The summed E-state index contributed by atoms with van der Waals surface area (Å²) in [5.74, 6) is -0.202. The maximum atomic E-state index is 12.1. The highest BCUT2D eigenvalue weighted by Crippen LogP contribution is 2.13. The average Bonchev–Trinajstić information content (AvgIpc) is 2.59. The third-order valence-electron chi connectivity index (χ3n) is 3.99. The van der Waals surface area contributed by atoms with Crippen LogP contribution in [0, 0.1) is 0 Å². The van der Waals surface area contributed by atoms with Crippen LogP contribution in [-0.2, 0) is 4.79 Å². The van der Waals surface area contributed by atoms with Crippen molar-refractivity contribution in [2.24, 2.45) is 10.9 Å². The summed E-state index contributed by atoms with van der Waals surface area (Å²) in [7, 11) is 0. The minimum Gasteiger partial charge on any atom is -0.409 e. The lowest BCUT2D eigenvalue weighted by Crippen LogP contribution is -2.40. The molecule has 1 heterocycles. The zero-order valence-electron chi connectivity index (χ0n) is 12.8. The number of amidine groups is 1. The number of aliphatic hydroxyl groups is 1. The van der Waals surface area contributed by atoms with Gasteiger partial charge < -0.3 is 20.9 Å². The van der Waals surface area contributed by atoms with Gasteiger partial charge in [-0.25, -0.2) is 0 Å². The maximum absolute atomic E-state index is 12.1. The molecule has 1 aliphatic heterocycles. The van der Waals surface area contributed by atoms with Gasteiger partial charge in [0.1, 0.15) is 0 Å². The summed E-state index contributed by atoms with van der Waals surface area (Å²) in [6, 6.07) is 6.38. The summed E-state index contributed by atoms with van der Waals surface area (Å²) in [6.45, 7) is 1.09. The highest BCUT2D eigenvalue weighted by Gasteiger charge is 2.21. The van der Waals surface area contributed by atoms with E-state index < -0.39 is 0 Å². The number of aliphatic hydroxyl groups excluding tert-OH is 1. The SMILES string of the molecule is NC(=NO)c1ccc(C(=O)CCC(=O)N2CCC(O)CC2)cc1. The number of hydrogen-bond donors (Lipinski definition) is 3. The number of piperidine rings is 1. The number of hydrogen-bond acceptors (Lipinski definition) is 5. The van der Waals surface area contributed by atoms with Gasteiger partial charge in [-0.15, -0.1) is 0 Å². The molecule has 0 radical (unpaired) electrons. The molecule has 0 bridgehead atoms. The fourth-order valence-electron chi connectivity index (χ4n) is 2.52. The van der Waals surface area contributed by atoms with Crippen molar-refractivity contribution in [2.45, 2.75) is 31.8 Å². The summed E-state index contributed by atoms with van der Waals surface area (Å²) < 4.78 is 0. The van der Waals surface area contributed by atoms with Crippen molar-refractivity contribution in [1.29, 1.82) is 0 Å². The van der Waals surface area contributed by atoms with Gasteiger partial charge in [0.2, 0.25) is 5.91 Å². The molecule has 2 rings (SSSR count). The largest absolute Gasteiger partial charge is 0.409 e. The fourth-order valence-corrected chi connectivity index (χ4v) is 2.52. The van der Waals surface area contributed by atoms with E-state index in [9.17, 15) is 14.7 Å². The molecule has 1 saturated heterocycles. The fraction of sp³-hybridized carbons (Fsp3) is 0.438. The monoisotopic (exact) mass is 319 g/mol. The Kier molecular flexibility index (Phi) is 5.70. The molecule has 7 nitrogen and oxygen atoms in total. The quantitative estimate of drug-likeness (QED) is 0.243. The van der Waals surface area contributed by atoms with E-state index in [0.29, 0.717) is 37.1 Å². The number of nitrogens with zero attached hydrogens (tertiary/aromatic N) is 2. The summed E-state index contributed by atoms with van der Waals surface area (Å²) in [4.78, 5) is 25.9. The number of carbonyl (C=O) groups is 2. The van der Waals surface area contributed by atoms with Crippen molar-refractivity contribution in [3.63, 3.8) is 0 Å². The first-order chi connectivity index (χ1) is 11.0. The molecule has 0 saturated carbocycles. The molecular weight excluding hydrogens is 298 g/mol. The Morgan fingerprint density at radius 1 is 1.13 bits per heavy atom. The van der Waals surface area contributed by atoms with E-state index >= 15 is 0 Å². The standard InChI is InChI=1S/C16H21N3O4/c17-16(18-23)12-3-1-11(2-4-12)14(21)5-6-15(22)19-9-7-13(20)8-10-19/h1-4,13,20,23H,5-10H2,(H2,17,18). The van der Waals surface area contributed by atoms with Gasteiger partial charge in [0, 0.05) is 37.1 Å². The van der Waals surface area contributed by atoms with Gasteiger partial charge in [0.05, 0.1) is 6.10 Å². The van der Waals surface area contributed by atoms with Crippen LogP contribution in [-0.4, -0.2) is 51.9 Å². The molecule has 0 atom stereocenters. The van der Waals surface area contributed by atoms with Crippen LogP contribution in [0.15, 0.2) is 29.4 Å². The summed E-state index contributed by atoms with van der Waals surface area (Å²) in [6.07, 6.45) is 1.16. The number of rotatable bonds is 5. The normalized spacial score (nSPS) is 16.4. The highest BCUT2D eigenvalue weighted by molar-refractivity contribution is 6.00. The van der Waals surface area contributed by atoms with E-state index in [2.05, 4.69) is 5.16 Å². The lowest BCUT2D eigenvalue weighted by atomic mass is 10.0. The molecule has 4 N–H and O–H groups in total.